The fourth-order valence-corrected chi connectivity index (χ4v) is 6.16. The highest BCUT2D eigenvalue weighted by molar-refractivity contribution is 9.11. The monoisotopic (exact) mass is 671 g/mol. The molecule has 0 saturated carbocycles. The molecule has 5 aromatic rings. The predicted molar refractivity (Wildman–Crippen MR) is 172 cm³/mol. The number of aromatic nitrogens is 3. The average Bonchev–Trinajstić information content (AvgIpc) is 3.53. The van der Waals surface area contributed by atoms with Gasteiger partial charge in [-0.15, -0.1) is 0 Å². The molecule has 1 aromatic heterocycles. The molecule has 4 aromatic carbocycles. The van der Waals surface area contributed by atoms with E-state index in [1.165, 1.54) is 10.8 Å². The highest BCUT2D eigenvalue weighted by atomic mass is 79.9. The van der Waals surface area contributed by atoms with E-state index in [1.54, 1.807) is 6.21 Å². The molecule has 206 valence electrons. The minimum atomic E-state index is 0.366. The minimum Gasteiger partial charge on any atom is -0.487 e. The van der Waals surface area contributed by atoms with Crippen LogP contribution in [0.3, 0.4) is 0 Å². The normalized spacial score (nSPS) is 13.2. The van der Waals surface area contributed by atoms with Gasteiger partial charge >= 0.3 is 0 Å². The molecule has 2 N–H and O–H groups in total. The van der Waals surface area contributed by atoms with Gasteiger partial charge in [0.25, 0.3) is 0 Å². The van der Waals surface area contributed by atoms with Crippen molar-refractivity contribution in [3.8, 4) is 5.75 Å². The van der Waals surface area contributed by atoms with Gasteiger partial charge in [0.05, 0.1) is 15.2 Å². The number of fused-ring (bicyclic) bond motifs is 1. The van der Waals surface area contributed by atoms with E-state index in [0.29, 0.717) is 24.5 Å². The van der Waals surface area contributed by atoms with Gasteiger partial charge in [-0.1, -0.05) is 60.7 Å². The van der Waals surface area contributed by atoms with Crippen LogP contribution in [-0.2, 0) is 6.61 Å². The molecular formula is C31H27Br2N7O. The van der Waals surface area contributed by atoms with Crippen molar-refractivity contribution in [3.63, 3.8) is 0 Å². The van der Waals surface area contributed by atoms with Crippen molar-refractivity contribution in [3.05, 3.63) is 105 Å². The Balaban J connectivity index is 1.17. The predicted octanol–water partition coefficient (Wildman–Crippen LogP) is 7.92. The van der Waals surface area contributed by atoms with E-state index in [2.05, 4.69) is 97.9 Å². The second-order valence-electron chi connectivity index (χ2n) is 9.58. The van der Waals surface area contributed by atoms with Crippen molar-refractivity contribution >= 4 is 72.4 Å². The first-order chi connectivity index (χ1) is 20.1. The number of rotatable bonds is 9. The highest BCUT2D eigenvalue weighted by Crippen LogP contribution is 2.35. The van der Waals surface area contributed by atoms with Crippen molar-refractivity contribution in [2.75, 3.05) is 28.7 Å². The Kier molecular flexibility index (Phi) is 8.39. The number of hydrogen-bond acceptors (Lipinski definition) is 8. The van der Waals surface area contributed by atoms with Crippen LogP contribution in [0.15, 0.2) is 99.0 Å². The highest BCUT2D eigenvalue weighted by Gasteiger charge is 2.17. The quantitative estimate of drug-likeness (QED) is 0.122. The molecule has 0 aliphatic carbocycles. The topological polar surface area (TPSA) is 87.6 Å². The molecule has 6 rings (SSSR count). The first-order valence-corrected chi connectivity index (χ1v) is 14.9. The Labute approximate surface area is 255 Å². The summed E-state index contributed by atoms with van der Waals surface area (Å²) in [6.45, 7) is 2.30. The summed E-state index contributed by atoms with van der Waals surface area (Å²) in [4.78, 5) is 15.9. The number of nitrogens with one attached hydrogen (secondary N) is 2. The van der Waals surface area contributed by atoms with Crippen LogP contribution in [0.5, 0.6) is 5.75 Å². The summed E-state index contributed by atoms with van der Waals surface area (Å²) < 4.78 is 7.86. The zero-order valence-electron chi connectivity index (χ0n) is 22.1. The Morgan fingerprint density at radius 2 is 1.54 bits per heavy atom. The molecule has 1 saturated heterocycles. The van der Waals surface area contributed by atoms with Crippen LogP contribution in [0.1, 0.15) is 24.0 Å². The van der Waals surface area contributed by atoms with Gasteiger partial charge in [-0.2, -0.15) is 20.1 Å². The van der Waals surface area contributed by atoms with Crippen LogP contribution < -0.4 is 20.4 Å². The van der Waals surface area contributed by atoms with Crippen LogP contribution in [-0.4, -0.2) is 34.3 Å². The summed E-state index contributed by atoms with van der Waals surface area (Å²) in [5.41, 5.74) is 5.87. The zero-order valence-corrected chi connectivity index (χ0v) is 25.3. The lowest BCUT2D eigenvalue weighted by atomic mass is 10.1. The van der Waals surface area contributed by atoms with Crippen LogP contribution >= 0.6 is 31.9 Å². The molecule has 0 bridgehead atoms. The van der Waals surface area contributed by atoms with E-state index in [9.17, 15) is 0 Å². The maximum Gasteiger partial charge on any atom is 0.250 e. The Morgan fingerprint density at radius 3 is 2.34 bits per heavy atom. The number of hydrazone groups is 1. The number of para-hydroxylation sites is 1. The summed E-state index contributed by atoms with van der Waals surface area (Å²) in [5, 5.41) is 10.1. The maximum absolute atomic E-state index is 6.22. The lowest BCUT2D eigenvalue weighted by molar-refractivity contribution is 0.303. The van der Waals surface area contributed by atoms with Crippen molar-refractivity contribution < 1.29 is 4.74 Å². The second-order valence-corrected chi connectivity index (χ2v) is 11.3. The van der Waals surface area contributed by atoms with E-state index < -0.39 is 0 Å². The van der Waals surface area contributed by atoms with Gasteiger partial charge in [-0.05, 0) is 90.9 Å². The molecule has 0 atom stereocenters. The molecule has 1 aliphatic rings. The lowest BCUT2D eigenvalue weighted by Gasteiger charge is -2.16. The summed E-state index contributed by atoms with van der Waals surface area (Å²) >= 11 is 7.33. The summed E-state index contributed by atoms with van der Waals surface area (Å²) in [6.07, 6.45) is 3.96. The lowest BCUT2D eigenvalue weighted by Crippen LogP contribution is -2.21. The van der Waals surface area contributed by atoms with E-state index in [4.69, 9.17) is 4.74 Å². The minimum absolute atomic E-state index is 0.366. The zero-order chi connectivity index (χ0) is 28.0. The third-order valence-corrected chi connectivity index (χ3v) is 7.87. The van der Waals surface area contributed by atoms with Crippen LogP contribution in [0.2, 0.25) is 0 Å². The molecule has 10 heteroatoms. The number of nitrogens with zero attached hydrogens (tertiary/aromatic N) is 5. The maximum atomic E-state index is 6.22. The summed E-state index contributed by atoms with van der Waals surface area (Å²) in [7, 11) is 0. The molecule has 1 fully saturated rings. The third-order valence-electron chi connectivity index (χ3n) is 6.69. The van der Waals surface area contributed by atoms with Crippen molar-refractivity contribution in [2.45, 2.75) is 19.4 Å². The van der Waals surface area contributed by atoms with E-state index in [-0.39, 0.29) is 0 Å². The van der Waals surface area contributed by atoms with Crippen LogP contribution in [0, 0.1) is 0 Å². The second kappa shape index (κ2) is 12.7. The molecule has 8 nitrogen and oxygen atoms in total. The molecule has 0 amide bonds. The SMILES string of the molecule is Brc1cc(/C=N/Nc2nc(Nc3ccccc3)nc(N3CCCC3)n2)cc(Br)c1OCc1cccc2ccccc12. The molecule has 2 heterocycles. The fourth-order valence-electron chi connectivity index (χ4n) is 4.70. The molecule has 41 heavy (non-hydrogen) atoms. The Hall–Kier alpha value is -4.02. The van der Waals surface area contributed by atoms with Gasteiger partial charge in [0, 0.05) is 18.8 Å². The van der Waals surface area contributed by atoms with Crippen molar-refractivity contribution in [1.82, 2.24) is 15.0 Å². The molecule has 0 radical (unpaired) electrons. The van der Waals surface area contributed by atoms with E-state index in [0.717, 1.165) is 57.4 Å². The standard InChI is InChI=1S/C31H27Br2N7O/c32-26-17-21(18-27(33)28(26)41-20-23-11-8-10-22-9-4-5-14-25(22)23)19-34-39-30-36-29(35-24-12-2-1-3-13-24)37-31(38-30)40-15-6-7-16-40/h1-5,8-14,17-19H,6-7,15-16,20H2,(H2,35,36,37,38,39)/b34-19+. The van der Waals surface area contributed by atoms with E-state index >= 15 is 0 Å². The van der Waals surface area contributed by atoms with Crippen LogP contribution in [0.25, 0.3) is 10.8 Å². The largest absolute Gasteiger partial charge is 0.487 e. The summed E-state index contributed by atoms with van der Waals surface area (Å²) in [6, 6.07) is 28.3. The van der Waals surface area contributed by atoms with Gasteiger partial charge in [0.1, 0.15) is 12.4 Å². The number of anilines is 4. The number of benzene rings is 4. The van der Waals surface area contributed by atoms with Gasteiger partial charge in [0.15, 0.2) is 0 Å². The molecule has 0 spiro atoms. The first kappa shape index (κ1) is 27.2. The first-order valence-electron chi connectivity index (χ1n) is 13.3. The van der Waals surface area contributed by atoms with Crippen molar-refractivity contribution in [2.24, 2.45) is 5.10 Å². The van der Waals surface area contributed by atoms with Gasteiger partial charge in [-0.3, -0.25) is 0 Å². The van der Waals surface area contributed by atoms with Gasteiger partial charge < -0.3 is 15.0 Å². The fraction of sp³-hybridized carbons (Fsp3) is 0.161. The number of ether oxygens (including phenoxy) is 1. The van der Waals surface area contributed by atoms with Crippen molar-refractivity contribution in [1.29, 1.82) is 0 Å². The van der Waals surface area contributed by atoms with Gasteiger partial charge in [-0.25, -0.2) is 5.43 Å². The Morgan fingerprint density at radius 1 is 0.829 bits per heavy atom. The smallest absolute Gasteiger partial charge is 0.250 e. The average molecular weight is 673 g/mol. The Bertz CT molecular complexity index is 1660. The molecule has 0 unspecified atom stereocenters. The molecule has 1 aliphatic heterocycles. The number of halogens is 2. The van der Waals surface area contributed by atoms with Gasteiger partial charge in [0.2, 0.25) is 17.8 Å². The van der Waals surface area contributed by atoms with E-state index in [1.807, 2.05) is 54.6 Å². The van der Waals surface area contributed by atoms with Crippen LogP contribution in [0.4, 0.5) is 23.5 Å². The summed E-state index contributed by atoms with van der Waals surface area (Å²) in [5.74, 6) is 2.19. The third kappa shape index (κ3) is 6.66. The number of hydrogen-bond donors (Lipinski definition) is 2. The molecular weight excluding hydrogens is 646 g/mol.